The summed E-state index contributed by atoms with van der Waals surface area (Å²) in [5, 5.41) is 6.37. The van der Waals surface area contributed by atoms with Gasteiger partial charge in [-0.2, -0.15) is 0 Å². The van der Waals surface area contributed by atoms with E-state index in [1.165, 1.54) is 0 Å². The molecule has 3 aromatic carbocycles. The molecule has 0 saturated heterocycles. The number of hydrogen-bond donors (Lipinski definition) is 0. The van der Waals surface area contributed by atoms with Gasteiger partial charge in [-0.15, -0.1) is 0 Å². The van der Waals surface area contributed by atoms with E-state index in [1.807, 2.05) is 78.9 Å². The molecule has 2 heterocycles. The van der Waals surface area contributed by atoms with Crippen molar-refractivity contribution < 1.29 is 9.59 Å². The zero-order chi connectivity index (χ0) is 22.1. The predicted molar refractivity (Wildman–Crippen MR) is 133 cm³/mol. The summed E-state index contributed by atoms with van der Waals surface area (Å²) in [6, 6.07) is 25.3. The summed E-state index contributed by atoms with van der Waals surface area (Å²) in [6.07, 6.45) is 0.535. The molecule has 158 valence electrons. The normalized spacial score (nSPS) is 11.3. The highest BCUT2D eigenvalue weighted by Gasteiger charge is 2.17. The molecular formula is C28H24NO2S+. The number of carbonyl (C=O) groups excluding carboxylic acids is 2. The molecule has 0 radical (unpaired) electrons. The van der Waals surface area contributed by atoms with Crippen molar-refractivity contribution in [3.63, 3.8) is 0 Å². The van der Waals surface area contributed by atoms with E-state index in [-0.39, 0.29) is 22.0 Å². The van der Waals surface area contributed by atoms with E-state index in [2.05, 4.69) is 22.3 Å². The van der Waals surface area contributed by atoms with Crippen LogP contribution in [-0.4, -0.2) is 16.1 Å². The molecule has 5 rings (SSSR count). The van der Waals surface area contributed by atoms with Crippen molar-refractivity contribution in [3.8, 4) is 0 Å². The molecule has 0 unspecified atom stereocenters. The molecule has 0 amide bonds. The lowest BCUT2D eigenvalue weighted by Crippen LogP contribution is -2.01. The Morgan fingerprint density at radius 2 is 1.38 bits per heavy atom. The molecule has 0 aliphatic rings. The van der Waals surface area contributed by atoms with E-state index in [9.17, 15) is 9.59 Å². The molecule has 0 bridgehead atoms. The van der Waals surface area contributed by atoms with Gasteiger partial charge in [0.15, 0.2) is 11.6 Å². The molecule has 4 heteroatoms. The minimum Gasteiger partial charge on any atom is -0.341 e. The van der Waals surface area contributed by atoms with Gasteiger partial charge < -0.3 is 4.57 Å². The SMILES string of the molecule is CCn1c2ccc(C(=O)CC[s+]3cccc3)cc2c2cc(C(=O)c3ccccc3)ccc21. The highest BCUT2D eigenvalue weighted by atomic mass is 32.2. The third kappa shape index (κ3) is 3.67. The largest absolute Gasteiger partial charge is 0.341 e. The second kappa shape index (κ2) is 8.56. The second-order valence-corrected chi connectivity index (χ2v) is 9.80. The van der Waals surface area contributed by atoms with Crippen LogP contribution in [0.5, 0.6) is 0 Å². The fourth-order valence-electron chi connectivity index (χ4n) is 4.34. The number of aromatic nitrogens is 1. The minimum absolute atomic E-state index is 0.00999. The van der Waals surface area contributed by atoms with E-state index >= 15 is 0 Å². The lowest BCUT2D eigenvalue weighted by Gasteiger charge is -2.04. The summed E-state index contributed by atoms with van der Waals surface area (Å²) in [5.74, 6) is 1.04. The van der Waals surface area contributed by atoms with Crippen LogP contribution in [0.2, 0.25) is 0 Å². The number of fused-ring (bicyclic) bond motifs is 3. The highest BCUT2D eigenvalue weighted by molar-refractivity contribution is 7.27. The van der Waals surface area contributed by atoms with Crippen molar-refractivity contribution in [1.82, 2.24) is 4.57 Å². The number of rotatable bonds is 7. The Kier molecular flexibility index (Phi) is 5.46. The maximum atomic E-state index is 13.0. The number of benzene rings is 3. The van der Waals surface area contributed by atoms with Crippen LogP contribution in [0.15, 0.2) is 89.6 Å². The third-order valence-electron chi connectivity index (χ3n) is 5.98. The smallest absolute Gasteiger partial charge is 0.193 e. The first kappa shape index (κ1) is 20.4. The standard InChI is InChI=1S/C28H24NO2S/c1-2-29-25-12-10-21(27(30)14-17-32-15-6-7-16-32)18-23(25)24-19-22(11-13-26(24)29)28(31)20-8-4-3-5-9-20/h3-13,15-16,18-19H,2,14,17H2,1H3/q+1. The summed E-state index contributed by atoms with van der Waals surface area (Å²) in [7, 11) is 0.0814. The molecule has 0 atom stereocenters. The van der Waals surface area contributed by atoms with Gasteiger partial charge in [-0.3, -0.25) is 9.59 Å². The first-order chi connectivity index (χ1) is 15.7. The molecule has 0 saturated carbocycles. The number of nitrogens with zero attached hydrogens (tertiary/aromatic N) is 1. The van der Waals surface area contributed by atoms with Crippen LogP contribution >= 0.6 is 10.5 Å². The predicted octanol–water partition coefficient (Wildman–Crippen LogP) is 7.07. The zero-order valence-corrected chi connectivity index (χ0v) is 18.8. The minimum atomic E-state index is 0.00999. The zero-order valence-electron chi connectivity index (χ0n) is 18.0. The topological polar surface area (TPSA) is 39.1 Å². The molecule has 5 aromatic rings. The maximum absolute atomic E-state index is 13.0. The Hall–Kier alpha value is -3.50. The van der Waals surface area contributed by atoms with E-state index in [0.717, 1.165) is 39.7 Å². The Morgan fingerprint density at radius 3 is 2.03 bits per heavy atom. The van der Waals surface area contributed by atoms with Crippen molar-refractivity contribution in [3.05, 3.63) is 106 Å². The molecular weight excluding hydrogens is 414 g/mol. The van der Waals surface area contributed by atoms with Crippen molar-refractivity contribution in [1.29, 1.82) is 0 Å². The fourth-order valence-corrected chi connectivity index (χ4v) is 5.71. The molecule has 0 N–H and O–H groups in total. The average Bonchev–Trinajstić information content (AvgIpc) is 3.47. The lowest BCUT2D eigenvalue weighted by atomic mass is 10.00. The van der Waals surface area contributed by atoms with Crippen LogP contribution in [0.4, 0.5) is 0 Å². The van der Waals surface area contributed by atoms with Crippen molar-refractivity contribution in [2.24, 2.45) is 0 Å². The molecule has 0 spiro atoms. The summed E-state index contributed by atoms with van der Waals surface area (Å²) in [5.41, 5.74) is 4.25. The lowest BCUT2D eigenvalue weighted by molar-refractivity contribution is 0.0984. The van der Waals surface area contributed by atoms with Crippen molar-refractivity contribution in [2.75, 3.05) is 0 Å². The third-order valence-corrected chi connectivity index (χ3v) is 7.67. The Balaban J connectivity index is 1.56. The quantitative estimate of drug-likeness (QED) is 0.201. The number of hydrogen-bond acceptors (Lipinski definition) is 2. The fraction of sp³-hybridized carbons (Fsp3) is 0.143. The second-order valence-electron chi connectivity index (χ2n) is 7.91. The van der Waals surface area contributed by atoms with Crippen LogP contribution in [0.3, 0.4) is 0 Å². The number of aryl methyl sites for hydroxylation is 2. The summed E-state index contributed by atoms with van der Waals surface area (Å²) >= 11 is 0. The molecule has 32 heavy (non-hydrogen) atoms. The summed E-state index contributed by atoms with van der Waals surface area (Å²) in [6.45, 7) is 2.94. The molecule has 2 aromatic heterocycles. The number of Topliss-reactive ketones (excluding diaryl/α,β-unsaturated/α-hetero) is 1. The van der Waals surface area contributed by atoms with Crippen LogP contribution in [-0.2, 0) is 12.3 Å². The first-order valence-corrected chi connectivity index (χ1v) is 12.4. The molecule has 0 aliphatic carbocycles. The van der Waals surface area contributed by atoms with Gasteiger partial charge in [-0.1, -0.05) is 30.3 Å². The van der Waals surface area contributed by atoms with Gasteiger partial charge in [0, 0.05) is 45.0 Å². The van der Waals surface area contributed by atoms with Gasteiger partial charge in [0.2, 0.25) is 0 Å². The van der Waals surface area contributed by atoms with E-state index in [4.69, 9.17) is 0 Å². The van der Waals surface area contributed by atoms with Gasteiger partial charge in [-0.05, 0) is 65.9 Å². The van der Waals surface area contributed by atoms with Gasteiger partial charge in [-0.25, -0.2) is 0 Å². The first-order valence-electron chi connectivity index (χ1n) is 10.9. The van der Waals surface area contributed by atoms with E-state index in [0.29, 0.717) is 17.5 Å². The van der Waals surface area contributed by atoms with Gasteiger partial charge in [0.05, 0.1) is 6.42 Å². The van der Waals surface area contributed by atoms with Crippen molar-refractivity contribution in [2.45, 2.75) is 25.6 Å². The van der Waals surface area contributed by atoms with Crippen LogP contribution in [0.25, 0.3) is 21.8 Å². The summed E-state index contributed by atoms with van der Waals surface area (Å²) in [4.78, 5) is 25.9. The molecule has 0 aliphatic heterocycles. The van der Waals surface area contributed by atoms with Crippen LogP contribution in [0.1, 0.15) is 39.6 Å². The average molecular weight is 439 g/mol. The number of carbonyl (C=O) groups is 2. The Bertz CT molecular complexity index is 1430. The van der Waals surface area contributed by atoms with Crippen LogP contribution in [0, 0.1) is 0 Å². The van der Waals surface area contributed by atoms with Crippen molar-refractivity contribution >= 4 is 43.8 Å². The summed E-state index contributed by atoms with van der Waals surface area (Å²) < 4.78 is 2.24. The van der Waals surface area contributed by atoms with E-state index in [1.54, 1.807) is 0 Å². The van der Waals surface area contributed by atoms with Gasteiger partial charge in [0.25, 0.3) is 0 Å². The van der Waals surface area contributed by atoms with Gasteiger partial charge in [0.1, 0.15) is 16.5 Å². The molecule has 3 nitrogen and oxygen atoms in total. The Labute approximate surface area is 189 Å². The maximum Gasteiger partial charge on any atom is 0.193 e. The Morgan fingerprint density at radius 1 is 0.750 bits per heavy atom. The molecule has 0 fully saturated rings. The highest BCUT2D eigenvalue weighted by Crippen LogP contribution is 2.32. The number of ketones is 2. The number of thiophene rings is 1. The van der Waals surface area contributed by atoms with E-state index < -0.39 is 0 Å². The van der Waals surface area contributed by atoms with Gasteiger partial charge >= 0.3 is 0 Å². The van der Waals surface area contributed by atoms with Crippen LogP contribution < -0.4 is 0 Å². The monoisotopic (exact) mass is 438 g/mol.